The molecule has 0 aliphatic carbocycles. The van der Waals surface area contributed by atoms with E-state index in [1.54, 1.807) is 0 Å². The Morgan fingerprint density at radius 1 is 1.00 bits per heavy atom. The summed E-state index contributed by atoms with van der Waals surface area (Å²) in [6.45, 7) is 16.2. The average Bonchev–Trinajstić information content (AvgIpc) is 3.16. The van der Waals surface area contributed by atoms with E-state index in [-0.39, 0.29) is 0 Å². The van der Waals surface area contributed by atoms with Crippen LogP contribution in [0.1, 0.15) is 59.3 Å². The van der Waals surface area contributed by atoms with E-state index in [0.717, 1.165) is 44.1 Å². The Kier molecular flexibility index (Phi) is 7.62. The van der Waals surface area contributed by atoms with Crippen molar-refractivity contribution in [3.8, 4) is 0 Å². The van der Waals surface area contributed by atoms with E-state index < -0.39 is 0 Å². The van der Waals surface area contributed by atoms with Gasteiger partial charge in [-0.05, 0) is 78.4 Å². The number of hydrogen-bond donors (Lipinski definition) is 1. The summed E-state index contributed by atoms with van der Waals surface area (Å²) in [7, 11) is 0. The number of guanidine groups is 1. The average molecular weight is 364 g/mol. The van der Waals surface area contributed by atoms with Gasteiger partial charge >= 0.3 is 0 Å². The third-order valence-corrected chi connectivity index (χ3v) is 6.48. The van der Waals surface area contributed by atoms with Crippen LogP contribution in [-0.4, -0.2) is 85.1 Å². The Bertz CT molecular complexity index is 444. The molecule has 0 spiro atoms. The Morgan fingerprint density at radius 2 is 1.81 bits per heavy atom. The molecule has 3 heterocycles. The first-order chi connectivity index (χ1) is 12.7. The van der Waals surface area contributed by atoms with Crippen molar-refractivity contribution in [2.75, 3.05) is 52.4 Å². The quantitative estimate of drug-likeness (QED) is 0.601. The minimum Gasteiger partial charge on any atom is -0.357 e. The van der Waals surface area contributed by atoms with Crippen LogP contribution in [-0.2, 0) is 0 Å². The van der Waals surface area contributed by atoms with Crippen molar-refractivity contribution in [1.82, 2.24) is 20.0 Å². The van der Waals surface area contributed by atoms with Crippen molar-refractivity contribution in [2.45, 2.75) is 71.4 Å². The SMILES string of the molecule is CCNC(=NCC1CCCN(C(C)C)C1)N1CCC(N2CCCCC2)C1. The Morgan fingerprint density at radius 3 is 2.54 bits per heavy atom. The fraction of sp³-hybridized carbons (Fsp3) is 0.952. The van der Waals surface area contributed by atoms with Gasteiger partial charge in [0.15, 0.2) is 5.96 Å². The second-order valence-electron chi connectivity index (χ2n) is 8.78. The maximum atomic E-state index is 5.08. The molecule has 0 aromatic heterocycles. The number of nitrogens with one attached hydrogen (secondary N) is 1. The van der Waals surface area contributed by atoms with Crippen molar-refractivity contribution in [2.24, 2.45) is 10.9 Å². The molecule has 2 atom stereocenters. The standard InChI is InChI=1S/C21H41N5/c1-4-22-21(23-15-19-9-8-13-25(16-19)18(2)3)26-14-10-20(17-26)24-11-6-5-7-12-24/h18-20H,4-17H2,1-3H3,(H,22,23). The third-order valence-electron chi connectivity index (χ3n) is 6.48. The van der Waals surface area contributed by atoms with Crippen LogP contribution in [0.4, 0.5) is 0 Å². The summed E-state index contributed by atoms with van der Waals surface area (Å²) >= 11 is 0. The molecule has 26 heavy (non-hydrogen) atoms. The van der Waals surface area contributed by atoms with Crippen LogP contribution in [0.25, 0.3) is 0 Å². The smallest absolute Gasteiger partial charge is 0.193 e. The highest BCUT2D eigenvalue weighted by Gasteiger charge is 2.30. The zero-order chi connectivity index (χ0) is 18.4. The van der Waals surface area contributed by atoms with Crippen LogP contribution in [0.15, 0.2) is 4.99 Å². The van der Waals surface area contributed by atoms with Gasteiger partial charge in [-0.1, -0.05) is 6.42 Å². The van der Waals surface area contributed by atoms with Gasteiger partial charge in [-0.3, -0.25) is 9.89 Å². The minimum absolute atomic E-state index is 0.666. The van der Waals surface area contributed by atoms with Crippen LogP contribution >= 0.6 is 0 Å². The first-order valence-corrected chi connectivity index (χ1v) is 11.2. The van der Waals surface area contributed by atoms with E-state index in [1.165, 1.54) is 64.7 Å². The lowest BCUT2D eigenvalue weighted by Crippen LogP contribution is -2.45. The van der Waals surface area contributed by atoms with Gasteiger partial charge < -0.3 is 15.1 Å². The molecule has 5 heteroatoms. The summed E-state index contributed by atoms with van der Waals surface area (Å²) < 4.78 is 0. The molecule has 3 rings (SSSR count). The highest BCUT2D eigenvalue weighted by atomic mass is 15.3. The first-order valence-electron chi connectivity index (χ1n) is 11.2. The van der Waals surface area contributed by atoms with Crippen molar-refractivity contribution in [1.29, 1.82) is 0 Å². The van der Waals surface area contributed by atoms with Gasteiger partial charge in [0, 0.05) is 44.8 Å². The minimum atomic E-state index is 0.666. The maximum absolute atomic E-state index is 5.08. The lowest BCUT2D eigenvalue weighted by Gasteiger charge is -2.35. The molecular formula is C21H41N5. The Balaban J connectivity index is 1.53. The van der Waals surface area contributed by atoms with E-state index >= 15 is 0 Å². The van der Waals surface area contributed by atoms with Crippen molar-refractivity contribution >= 4 is 5.96 Å². The third kappa shape index (κ3) is 5.35. The number of aliphatic imine (C=N–C) groups is 1. The molecule has 3 saturated heterocycles. The summed E-state index contributed by atoms with van der Waals surface area (Å²) in [5.41, 5.74) is 0. The molecule has 5 nitrogen and oxygen atoms in total. The van der Waals surface area contributed by atoms with E-state index in [1.807, 2.05) is 0 Å². The molecule has 0 aromatic rings. The van der Waals surface area contributed by atoms with Gasteiger partial charge in [0.05, 0.1) is 0 Å². The number of likely N-dealkylation sites (tertiary alicyclic amines) is 3. The first kappa shape index (κ1) is 19.9. The molecule has 1 N–H and O–H groups in total. The Labute approximate surface area is 161 Å². The van der Waals surface area contributed by atoms with Gasteiger partial charge in [0.25, 0.3) is 0 Å². The molecule has 3 aliphatic rings. The highest BCUT2D eigenvalue weighted by molar-refractivity contribution is 5.80. The van der Waals surface area contributed by atoms with Crippen molar-refractivity contribution in [3.63, 3.8) is 0 Å². The molecule has 0 aromatic carbocycles. The van der Waals surface area contributed by atoms with E-state index in [9.17, 15) is 0 Å². The van der Waals surface area contributed by atoms with Crippen LogP contribution in [0.3, 0.4) is 0 Å². The molecule has 150 valence electrons. The summed E-state index contributed by atoms with van der Waals surface area (Å²) in [6, 6.07) is 1.41. The maximum Gasteiger partial charge on any atom is 0.193 e. The fourth-order valence-electron chi connectivity index (χ4n) is 4.87. The number of nitrogens with zero attached hydrogens (tertiary/aromatic N) is 4. The van der Waals surface area contributed by atoms with E-state index in [4.69, 9.17) is 4.99 Å². The van der Waals surface area contributed by atoms with Crippen LogP contribution in [0, 0.1) is 5.92 Å². The lowest BCUT2D eigenvalue weighted by atomic mass is 9.97. The topological polar surface area (TPSA) is 34.1 Å². The lowest BCUT2D eigenvalue weighted by molar-refractivity contribution is 0.143. The highest BCUT2D eigenvalue weighted by Crippen LogP contribution is 2.21. The van der Waals surface area contributed by atoms with Gasteiger partial charge in [-0.25, -0.2) is 0 Å². The van der Waals surface area contributed by atoms with Gasteiger partial charge in [0.2, 0.25) is 0 Å². The molecule has 0 saturated carbocycles. The van der Waals surface area contributed by atoms with E-state index in [0.29, 0.717) is 6.04 Å². The molecule has 0 bridgehead atoms. The largest absolute Gasteiger partial charge is 0.357 e. The molecule has 0 radical (unpaired) electrons. The second-order valence-corrected chi connectivity index (χ2v) is 8.78. The molecule has 0 amide bonds. The zero-order valence-electron chi connectivity index (χ0n) is 17.4. The monoisotopic (exact) mass is 363 g/mol. The van der Waals surface area contributed by atoms with Gasteiger partial charge in [-0.2, -0.15) is 0 Å². The number of piperidine rings is 2. The van der Waals surface area contributed by atoms with Crippen molar-refractivity contribution in [3.05, 3.63) is 0 Å². The van der Waals surface area contributed by atoms with Gasteiger partial charge in [-0.15, -0.1) is 0 Å². The summed E-state index contributed by atoms with van der Waals surface area (Å²) in [5.74, 6) is 1.88. The second kappa shape index (κ2) is 9.93. The number of rotatable bonds is 5. The summed E-state index contributed by atoms with van der Waals surface area (Å²) in [5, 5.41) is 3.57. The normalized spacial score (nSPS) is 29.5. The molecule has 2 unspecified atom stereocenters. The molecule has 3 fully saturated rings. The fourth-order valence-corrected chi connectivity index (χ4v) is 4.87. The predicted molar refractivity (Wildman–Crippen MR) is 111 cm³/mol. The predicted octanol–water partition coefficient (Wildman–Crippen LogP) is 2.63. The van der Waals surface area contributed by atoms with Crippen LogP contribution in [0.5, 0.6) is 0 Å². The summed E-state index contributed by atoms with van der Waals surface area (Å²) in [6.07, 6.45) is 8.16. The zero-order valence-corrected chi connectivity index (χ0v) is 17.4. The molecule has 3 aliphatic heterocycles. The van der Waals surface area contributed by atoms with E-state index in [2.05, 4.69) is 40.8 Å². The van der Waals surface area contributed by atoms with Crippen molar-refractivity contribution < 1.29 is 0 Å². The molecular weight excluding hydrogens is 322 g/mol. The summed E-state index contributed by atoms with van der Waals surface area (Å²) in [4.78, 5) is 13.0. The van der Waals surface area contributed by atoms with Crippen LogP contribution in [0.2, 0.25) is 0 Å². The Hall–Kier alpha value is -0.810. The van der Waals surface area contributed by atoms with Crippen LogP contribution < -0.4 is 5.32 Å². The van der Waals surface area contributed by atoms with Gasteiger partial charge in [0.1, 0.15) is 0 Å². The number of hydrogen-bond acceptors (Lipinski definition) is 3.